The van der Waals surface area contributed by atoms with Crippen LogP contribution in [0.15, 0.2) is 65.3 Å². The molecule has 2 N–H and O–H groups in total. The molecule has 0 fully saturated rings. The number of hydrogen-bond acceptors (Lipinski definition) is 3. The molecule has 0 saturated heterocycles. The third-order valence-corrected chi connectivity index (χ3v) is 3.54. The van der Waals surface area contributed by atoms with Gasteiger partial charge >= 0.3 is 0 Å². The second-order valence-electron chi connectivity index (χ2n) is 4.83. The molecule has 2 aromatic carbocycles. The largest absolute Gasteiger partial charge is 0.507 e. The van der Waals surface area contributed by atoms with Crippen molar-refractivity contribution in [1.29, 1.82) is 0 Å². The van der Waals surface area contributed by atoms with E-state index in [1.165, 1.54) is 0 Å². The summed E-state index contributed by atoms with van der Waals surface area (Å²) in [5, 5.41) is 19.5. The van der Waals surface area contributed by atoms with Gasteiger partial charge in [0, 0.05) is 10.9 Å². The number of aromatic amines is 1. The molecule has 21 heavy (non-hydrogen) atoms. The number of hydrogen-bond donors (Lipinski definition) is 2. The Bertz CT molecular complexity index is 908. The lowest BCUT2D eigenvalue weighted by Crippen LogP contribution is -1.81. The van der Waals surface area contributed by atoms with E-state index >= 15 is 0 Å². The molecule has 0 saturated carbocycles. The summed E-state index contributed by atoms with van der Waals surface area (Å²) >= 11 is 0. The highest BCUT2D eigenvalue weighted by atomic mass is 16.3. The van der Waals surface area contributed by atoms with Gasteiger partial charge in [0.2, 0.25) is 0 Å². The number of phenols is 1. The SMILES string of the molecule is Oc1c(-c2cc(-c3ccco3)[nH]n2)ccc2ccccc12. The van der Waals surface area contributed by atoms with Gasteiger partial charge in [0.15, 0.2) is 5.76 Å². The van der Waals surface area contributed by atoms with E-state index in [4.69, 9.17) is 4.42 Å². The van der Waals surface area contributed by atoms with Crippen LogP contribution in [-0.2, 0) is 0 Å². The maximum atomic E-state index is 10.5. The average Bonchev–Trinajstić information content (AvgIpc) is 3.19. The first-order valence-electron chi connectivity index (χ1n) is 6.63. The molecule has 0 spiro atoms. The highest BCUT2D eigenvalue weighted by molar-refractivity contribution is 5.94. The summed E-state index contributed by atoms with van der Waals surface area (Å²) in [5.74, 6) is 0.958. The molecule has 0 atom stereocenters. The molecule has 0 aliphatic heterocycles. The number of nitrogens with zero attached hydrogens (tertiary/aromatic N) is 1. The van der Waals surface area contributed by atoms with Crippen LogP contribution >= 0.6 is 0 Å². The van der Waals surface area contributed by atoms with E-state index in [2.05, 4.69) is 10.2 Å². The Morgan fingerprint density at radius 1 is 1.00 bits per heavy atom. The molecular formula is C17H12N2O2. The van der Waals surface area contributed by atoms with Crippen molar-refractivity contribution in [3.63, 3.8) is 0 Å². The van der Waals surface area contributed by atoms with Crippen molar-refractivity contribution in [3.8, 4) is 28.5 Å². The first-order chi connectivity index (χ1) is 10.3. The molecule has 102 valence electrons. The zero-order valence-electron chi connectivity index (χ0n) is 11.1. The lowest BCUT2D eigenvalue weighted by Gasteiger charge is -2.05. The smallest absolute Gasteiger partial charge is 0.151 e. The maximum absolute atomic E-state index is 10.5. The van der Waals surface area contributed by atoms with Gasteiger partial charge in [-0.15, -0.1) is 0 Å². The molecule has 4 aromatic rings. The van der Waals surface area contributed by atoms with Crippen LogP contribution in [0.3, 0.4) is 0 Å². The minimum Gasteiger partial charge on any atom is -0.507 e. The fraction of sp³-hybridized carbons (Fsp3) is 0. The highest BCUT2D eigenvalue weighted by Gasteiger charge is 2.12. The number of H-pyrrole nitrogens is 1. The van der Waals surface area contributed by atoms with E-state index in [0.717, 1.165) is 16.5 Å². The van der Waals surface area contributed by atoms with Crippen molar-refractivity contribution in [2.75, 3.05) is 0 Å². The van der Waals surface area contributed by atoms with Crippen LogP contribution in [0.1, 0.15) is 0 Å². The summed E-state index contributed by atoms with van der Waals surface area (Å²) in [6.45, 7) is 0. The topological polar surface area (TPSA) is 62.1 Å². The fourth-order valence-electron chi connectivity index (χ4n) is 2.48. The summed E-state index contributed by atoms with van der Waals surface area (Å²) in [4.78, 5) is 0. The third-order valence-electron chi connectivity index (χ3n) is 3.54. The van der Waals surface area contributed by atoms with Crippen LogP contribution in [0.4, 0.5) is 0 Å². The van der Waals surface area contributed by atoms with Crippen LogP contribution in [0.5, 0.6) is 5.75 Å². The Morgan fingerprint density at radius 2 is 1.90 bits per heavy atom. The predicted molar refractivity (Wildman–Crippen MR) is 80.9 cm³/mol. The predicted octanol–water partition coefficient (Wildman–Crippen LogP) is 4.20. The van der Waals surface area contributed by atoms with Gasteiger partial charge in [-0.25, -0.2) is 0 Å². The number of rotatable bonds is 2. The quantitative estimate of drug-likeness (QED) is 0.577. The van der Waals surface area contributed by atoms with Crippen molar-refractivity contribution in [3.05, 3.63) is 60.9 Å². The van der Waals surface area contributed by atoms with Crippen LogP contribution in [0, 0.1) is 0 Å². The van der Waals surface area contributed by atoms with E-state index in [1.54, 1.807) is 6.26 Å². The van der Waals surface area contributed by atoms with E-state index in [0.29, 0.717) is 17.0 Å². The minimum atomic E-state index is 0.241. The van der Waals surface area contributed by atoms with E-state index in [-0.39, 0.29) is 5.75 Å². The number of aromatic nitrogens is 2. The van der Waals surface area contributed by atoms with Crippen molar-refractivity contribution < 1.29 is 9.52 Å². The van der Waals surface area contributed by atoms with Crippen LogP contribution in [0.2, 0.25) is 0 Å². The fourth-order valence-corrected chi connectivity index (χ4v) is 2.48. The lowest BCUT2D eigenvalue weighted by atomic mass is 10.0. The summed E-state index contributed by atoms with van der Waals surface area (Å²) in [6.07, 6.45) is 1.61. The standard InChI is InChI=1S/C17H12N2O2/c20-17-12-5-2-1-4-11(12)7-8-13(17)14-10-15(19-18-14)16-6-3-9-21-16/h1-10,20H,(H,18,19). The number of furan rings is 1. The second kappa shape index (κ2) is 4.52. The molecule has 4 heteroatoms. The summed E-state index contributed by atoms with van der Waals surface area (Å²) in [5.41, 5.74) is 2.16. The summed E-state index contributed by atoms with van der Waals surface area (Å²) < 4.78 is 5.34. The Labute approximate surface area is 120 Å². The van der Waals surface area contributed by atoms with Gasteiger partial charge in [0.25, 0.3) is 0 Å². The molecular weight excluding hydrogens is 264 g/mol. The number of phenolic OH excluding ortho intramolecular Hbond substituents is 1. The summed E-state index contributed by atoms with van der Waals surface area (Å²) in [6, 6.07) is 17.1. The lowest BCUT2D eigenvalue weighted by molar-refractivity contribution is 0.483. The van der Waals surface area contributed by atoms with Crippen LogP contribution < -0.4 is 0 Å². The Balaban J connectivity index is 1.85. The van der Waals surface area contributed by atoms with E-state index in [1.807, 2.05) is 54.6 Å². The molecule has 2 heterocycles. The molecule has 0 unspecified atom stereocenters. The average molecular weight is 276 g/mol. The maximum Gasteiger partial charge on any atom is 0.151 e. The Hall–Kier alpha value is -3.01. The molecule has 0 aliphatic carbocycles. The van der Waals surface area contributed by atoms with Gasteiger partial charge in [-0.3, -0.25) is 5.10 Å². The van der Waals surface area contributed by atoms with Gasteiger partial charge < -0.3 is 9.52 Å². The van der Waals surface area contributed by atoms with Crippen LogP contribution in [0.25, 0.3) is 33.5 Å². The van der Waals surface area contributed by atoms with E-state index < -0.39 is 0 Å². The highest BCUT2D eigenvalue weighted by Crippen LogP contribution is 2.36. The Kier molecular flexibility index (Phi) is 2.54. The number of fused-ring (bicyclic) bond motifs is 1. The van der Waals surface area contributed by atoms with Gasteiger partial charge in [-0.05, 0) is 29.7 Å². The van der Waals surface area contributed by atoms with E-state index in [9.17, 15) is 5.11 Å². The normalized spacial score (nSPS) is 11.0. The van der Waals surface area contributed by atoms with Gasteiger partial charge in [0.05, 0.1) is 12.0 Å². The van der Waals surface area contributed by atoms with Crippen LogP contribution in [-0.4, -0.2) is 15.3 Å². The molecule has 0 bridgehead atoms. The zero-order chi connectivity index (χ0) is 14.2. The molecule has 0 amide bonds. The molecule has 0 aliphatic rings. The van der Waals surface area contributed by atoms with Crippen molar-refractivity contribution in [1.82, 2.24) is 10.2 Å². The van der Waals surface area contributed by atoms with Gasteiger partial charge in [0.1, 0.15) is 11.4 Å². The zero-order valence-corrected chi connectivity index (χ0v) is 11.1. The minimum absolute atomic E-state index is 0.241. The Morgan fingerprint density at radius 3 is 2.76 bits per heavy atom. The number of nitrogens with one attached hydrogen (secondary N) is 1. The molecule has 4 rings (SSSR count). The van der Waals surface area contributed by atoms with Crippen molar-refractivity contribution in [2.24, 2.45) is 0 Å². The van der Waals surface area contributed by atoms with Crippen molar-refractivity contribution >= 4 is 10.8 Å². The summed E-state index contributed by atoms with van der Waals surface area (Å²) in [7, 11) is 0. The third kappa shape index (κ3) is 1.89. The monoisotopic (exact) mass is 276 g/mol. The van der Waals surface area contributed by atoms with Gasteiger partial charge in [-0.1, -0.05) is 30.3 Å². The molecule has 0 radical (unpaired) electrons. The molecule has 2 aromatic heterocycles. The first-order valence-corrected chi connectivity index (χ1v) is 6.63. The second-order valence-corrected chi connectivity index (χ2v) is 4.83. The van der Waals surface area contributed by atoms with Crippen molar-refractivity contribution in [2.45, 2.75) is 0 Å². The first kappa shape index (κ1) is 11.8. The number of aromatic hydroxyl groups is 1. The van der Waals surface area contributed by atoms with Gasteiger partial charge in [-0.2, -0.15) is 5.10 Å². The molecule has 4 nitrogen and oxygen atoms in total. The number of benzene rings is 2.